The number of nitrogens with two attached hydrogens (primary N) is 1. The van der Waals surface area contributed by atoms with E-state index in [0.717, 1.165) is 23.3 Å². The van der Waals surface area contributed by atoms with Crippen molar-refractivity contribution in [2.24, 2.45) is 21.6 Å². The van der Waals surface area contributed by atoms with Crippen molar-refractivity contribution in [1.29, 1.82) is 0 Å². The number of nitrogens with zero attached hydrogens (tertiary/aromatic N) is 4. The third-order valence-electron chi connectivity index (χ3n) is 18.5. The Morgan fingerprint density at radius 1 is 0.526 bits per heavy atom. The lowest BCUT2D eigenvalue weighted by atomic mass is 9.97. The van der Waals surface area contributed by atoms with E-state index in [4.69, 9.17) is 27.2 Å². The van der Waals surface area contributed by atoms with E-state index in [1.165, 1.54) is 55.4 Å². The molecular formula is C82H117ClN18O15. The molecule has 0 spiro atoms. The minimum atomic E-state index is -1.82. The van der Waals surface area contributed by atoms with Crippen LogP contribution in [-0.4, -0.2) is 221 Å². The summed E-state index contributed by atoms with van der Waals surface area (Å²) in [5.74, 6) is -8.56. The van der Waals surface area contributed by atoms with Crippen molar-refractivity contribution in [2.45, 2.75) is 206 Å². The Kier molecular flexibility index (Phi) is 41.6. The van der Waals surface area contributed by atoms with Crippen molar-refractivity contribution in [1.82, 2.24) is 79.0 Å². The number of carboxylic acid groups (broad SMARTS) is 1. The number of aliphatic hydroxyl groups excluding tert-OH is 1. The summed E-state index contributed by atoms with van der Waals surface area (Å²) in [5, 5.41) is 68.3. The van der Waals surface area contributed by atoms with E-state index >= 15 is 9.59 Å². The fourth-order valence-electron chi connectivity index (χ4n) is 12.8. The molecule has 1 saturated heterocycles. The maximum absolute atomic E-state index is 15.2. The van der Waals surface area contributed by atoms with Crippen LogP contribution in [-0.2, 0) is 83.2 Å². The molecule has 0 unspecified atom stereocenters. The minimum Gasteiger partial charge on any atom is -0.508 e. The lowest BCUT2D eigenvalue weighted by Crippen LogP contribution is -2.61. The third-order valence-corrected chi connectivity index (χ3v) is 18.8. The van der Waals surface area contributed by atoms with Gasteiger partial charge in [-0.2, -0.15) is 0 Å². The molecule has 1 aliphatic heterocycles. The van der Waals surface area contributed by atoms with E-state index in [1.807, 2.05) is 84.0 Å². The molecule has 0 bridgehead atoms. The van der Waals surface area contributed by atoms with Gasteiger partial charge in [0.25, 0.3) is 5.97 Å². The number of aliphatic imine (C=N–C) groups is 2. The number of pyridine rings is 1. The molecule has 5 aromatic rings. The van der Waals surface area contributed by atoms with E-state index in [0.29, 0.717) is 98.6 Å². The molecule has 632 valence electrons. The summed E-state index contributed by atoms with van der Waals surface area (Å²) in [5.41, 5.74) is 7.64. The number of carboxylic acids is 1. The van der Waals surface area contributed by atoms with Gasteiger partial charge in [0.1, 0.15) is 66.2 Å². The maximum Gasteiger partial charge on any atom is 0.300 e. The zero-order chi connectivity index (χ0) is 85.2. The van der Waals surface area contributed by atoms with E-state index in [2.05, 4.69) is 84.1 Å². The summed E-state index contributed by atoms with van der Waals surface area (Å²) < 4.78 is 0. The maximum atomic E-state index is 15.2. The molecule has 18 N–H and O–H groups in total. The van der Waals surface area contributed by atoms with Crippen LogP contribution >= 0.6 is 11.6 Å². The van der Waals surface area contributed by atoms with Gasteiger partial charge in [-0.15, -0.1) is 0 Å². The zero-order valence-corrected chi connectivity index (χ0v) is 68.4. The molecule has 0 saturated carbocycles. The van der Waals surface area contributed by atoms with Crippen LogP contribution in [0.1, 0.15) is 142 Å². The standard InChI is InChI=1S/C80H113ClN18O13.C2H4O2/c1-9-84-79(85-10-2)88-39-17-15-27-60(70(104)94-62(42-49(5)6)71(105)93-61(28-16-18-40-89-80(86-11-3)87-12-4)78(112)99-41-21-29-68(99)77(111)90-50(7)69(82)103)92-72(106)63(44-53-32-36-58(102)37-33-53)97-76(110)67(48-100)98-74(108)65(45-54-22-20-38-83-47-54)96-73(107)64(43-52-30-34-57(81)35-31-52)95-75(109)66(91-51(8)101)46-56-25-19-24-55-23-13-14-26-59(55)56;1-2(3)4/h13-14,19-20,22-26,30-38,47,49-50,60-68,100,102H,9-12,15-18,21,27-29,39-46,48H2,1-8H3,(H2,82,103)(H,90,111)(H,91,101)(H,92,106)(H,93,105)(H,94,104)(H,95,109)(H,96,107)(H,97,110)(H,98,108)(H2,84,85,88)(H2,86,87,89);1H3,(H,3,4)/t50-,60-,61+,62+,63+,64-,65-,66-,67+,68+;/m1./s1. The van der Waals surface area contributed by atoms with Crippen molar-refractivity contribution >= 4 is 105 Å². The van der Waals surface area contributed by atoms with Crippen LogP contribution in [0.25, 0.3) is 10.8 Å². The number of phenolic OH excluding ortho intramolecular Hbond substituents is 1. The Morgan fingerprint density at radius 2 is 0.974 bits per heavy atom. The number of phenols is 1. The summed E-state index contributed by atoms with van der Waals surface area (Å²) in [6.07, 6.45) is 4.76. The van der Waals surface area contributed by atoms with Crippen LogP contribution in [0, 0.1) is 5.92 Å². The predicted molar refractivity (Wildman–Crippen MR) is 442 cm³/mol. The number of amides is 11. The van der Waals surface area contributed by atoms with E-state index in [9.17, 15) is 53.4 Å². The monoisotopic (exact) mass is 1630 g/mol. The normalized spacial score (nSPS) is 14.5. The molecule has 10 atom stereocenters. The Morgan fingerprint density at radius 3 is 1.47 bits per heavy atom. The van der Waals surface area contributed by atoms with E-state index < -0.39 is 138 Å². The van der Waals surface area contributed by atoms with Gasteiger partial charge in [-0.25, -0.2) is 0 Å². The van der Waals surface area contributed by atoms with Gasteiger partial charge in [0.05, 0.1) is 6.61 Å². The number of nitrogens with one attached hydrogen (secondary N) is 13. The molecule has 1 aromatic heterocycles. The fourth-order valence-corrected chi connectivity index (χ4v) is 12.9. The fraction of sp³-hybridized carbons (Fsp3) is 0.500. The first-order valence-electron chi connectivity index (χ1n) is 39.5. The highest BCUT2D eigenvalue weighted by atomic mass is 35.5. The van der Waals surface area contributed by atoms with E-state index in [-0.39, 0.29) is 76.0 Å². The molecule has 1 fully saturated rings. The van der Waals surface area contributed by atoms with Gasteiger partial charge in [0.15, 0.2) is 11.9 Å². The first-order chi connectivity index (χ1) is 55.5. The lowest BCUT2D eigenvalue weighted by Gasteiger charge is -2.31. The van der Waals surface area contributed by atoms with Crippen molar-refractivity contribution < 1.29 is 72.9 Å². The SMILES string of the molecule is CC(=O)O.CCNC(=NCCCC[C@H](NC(=O)[C@H](CC(C)C)NC(=O)[C@@H](CCCCN=C(NCC)NCC)NC(=O)[C@H](Cc1ccc(O)cc1)NC(=O)[C@H](CO)NC(=O)[C@@H](Cc1cccnc1)NC(=O)[C@@H](Cc1ccc(Cl)cc1)NC(=O)[C@@H](Cc1cccc2ccccc12)NC(C)=O)C(=O)N1CCC[C@H]1C(=O)N[C@H](C)C(N)=O)NCC. The second-order valence-corrected chi connectivity index (χ2v) is 29.0. The smallest absolute Gasteiger partial charge is 0.300 e. The van der Waals surface area contributed by atoms with Crippen LogP contribution in [0.3, 0.4) is 0 Å². The van der Waals surface area contributed by atoms with Crippen molar-refractivity contribution in [3.63, 3.8) is 0 Å². The molecule has 0 aliphatic carbocycles. The van der Waals surface area contributed by atoms with E-state index in [1.54, 1.807) is 36.4 Å². The molecule has 33 nitrogen and oxygen atoms in total. The van der Waals surface area contributed by atoms with Gasteiger partial charge in [0.2, 0.25) is 65.0 Å². The molecule has 0 radical (unpaired) electrons. The lowest BCUT2D eigenvalue weighted by molar-refractivity contribution is -0.142. The van der Waals surface area contributed by atoms with Crippen LogP contribution in [0.2, 0.25) is 5.02 Å². The molecule has 116 heavy (non-hydrogen) atoms. The second-order valence-electron chi connectivity index (χ2n) is 28.5. The van der Waals surface area contributed by atoms with Crippen LogP contribution in [0.5, 0.6) is 5.75 Å². The Balaban J connectivity index is 0.00000586. The van der Waals surface area contributed by atoms with Gasteiger partial charge >= 0.3 is 0 Å². The number of carbonyl (C=O) groups is 12. The van der Waals surface area contributed by atoms with Crippen molar-refractivity contribution in [3.8, 4) is 5.75 Å². The number of carbonyl (C=O) groups excluding carboxylic acids is 11. The van der Waals surface area contributed by atoms with Crippen LogP contribution in [0.15, 0.2) is 126 Å². The van der Waals surface area contributed by atoms with Crippen LogP contribution in [0.4, 0.5) is 0 Å². The second kappa shape index (κ2) is 50.7. The minimum absolute atomic E-state index is 0.0340. The number of benzene rings is 4. The molecule has 2 heterocycles. The van der Waals surface area contributed by atoms with Gasteiger partial charge in [-0.05, 0) is 162 Å². The number of likely N-dealkylation sites (tertiary alicyclic amines) is 1. The number of primary amides is 1. The summed E-state index contributed by atoms with van der Waals surface area (Å²) in [4.78, 5) is 182. The number of halogens is 1. The number of hydrogen-bond acceptors (Lipinski definition) is 17. The summed E-state index contributed by atoms with van der Waals surface area (Å²) in [6, 6.07) is 15.1. The Hall–Kier alpha value is -11.5. The number of aromatic hydroxyl groups is 1. The number of rotatable bonds is 44. The summed E-state index contributed by atoms with van der Waals surface area (Å²) in [6.45, 7) is 17.4. The summed E-state index contributed by atoms with van der Waals surface area (Å²) in [7, 11) is 0. The topological polar surface area (TPSA) is 489 Å². The quantitative estimate of drug-likeness (QED) is 0.0151. The van der Waals surface area contributed by atoms with Gasteiger partial charge in [-0.3, -0.25) is 72.5 Å². The number of aromatic nitrogens is 1. The zero-order valence-electron chi connectivity index (χ0n) is 67.7. The molecular weight excluding hydrogens is 1510 g/mol. The first kappa shape index (κ1) is 95.1. The molecule has 6 rings (SSSR count). The highest BCUT2D eigenvalue weighted by Crippen LogP contribution is 2.24. The highest BCUT2D eigenvalue weighted by Gasteiger charge is 2.40. The van der Waals surface area contributed by atoms with Crippen LogP contribution < -0.4 is 74.9 Å². The molecule has 11 amide bonds. The molecule has 34 heteroatoms. The van der Waals surface area contributed by atoms with Crippen molar-refractivity contribution in [2.75, 3.05) is 52.4 Å². The Bertz CT molecular complexity index is 4080. The highest BCUT2D eigenvalue weighted by molar-refractivity contribution is 6.30. The average molecular weight is 1630 g/mol. The van der Waals surface area contributed by atoms with Gasteiger partial charge < -0.3 is 95.1 Å². The number of guanidine groups is 2. The average Bonchev–Trinajstić information content (AvgIpc) is 1.33. The largest absolute Gasteiger partial charge is 0.508 e. The number of aliphatic hydroxyl groups is 1. The van der Waals surface area contributed by atoms with Gasteiger partial charge in [-0.1, -0.05) is 98.2 Å². The molecule has 4 aromatic carbocycles. The number of unbranched alkanes of at least 4 members (excludes halogenated alkanes) is 2. The number of hydrogen-bond donors (Lipinski definition) is 17. The summed E-state index contributed by atoms with van der Waals surface area (Å²) >= 11 is 6.27. The Labute approximate surface area is 682 Å². The predicted octanol–water partition coefficient (Wildman–Crippen LogP) is 2.36. The number of aliphatic carboxylic acids is 1. The number of fused-ring (bicyclic) bond motifs is 1. The first-order valence-corrected chi connectivity index (χ1v) is 39.9. The van der Waals surface area contributed by atoms with Gasteiger partial charge in [0, 0.05) is 103 Å². The third kappa shape index (κ3) is 33.5. The molecule has 1 aliphatic rings. The van der Waals surface area contributed by atoms with Crippen molar-refractivity contribution in [3.05, 3.63) is 143 Å².